The molecule has 4 nitrogen and oxygen atoms in total. The zero-order valence-electron chi connectivity index (χ0n) is 15.2. The van der Waals surface area contributed by atoms with Gasteiger partial charge in [0, 0.05) is 30.6 Å². The number of halogens is 2. The van der Waals surface area contributed by atoms with E-state index in [1.165, 1.54) is 30.6 Å². The van der Waals surface area contributed by atoms with Gasteiger partial charge in [-0.15, -0.1) is 0 Å². The molecule has 0 bridgehead atoms. The Bertz CT molecular complexity index is 994. The fourth-order valence-electron chi connectivity index (χ4n) is 3.50. The highest BCUT2D eigenvalue weighted by Gasteiger charge is 2.24. The number of carbonyl (C=O) groups is 1. The number of benzene rings is 2. The number of hydrogen-bond acceptors (Lipinski definition) is 2. The molecule has 1 amide bonds. The van der Waals surface area contributed by atoms with Gasteiger partial charge >= 0.3 is 0 Å². The Hall–Kier alpha value is -2.40. The van der Waals surface area contributed by atoms with Gasteiger partial charge in [-0.3, -0.25) is 4.79 Å². The van der Waals surface area contributed by atoms with Gasteiger partial charge in [-0.2, -0.15) is 5.12 Å². The number of carbonyl (C=O) groups excluding carboxylic acids is 1. The molecule has 5 rings (SSSR count). The topological polar surface area (TPSA) is 38.1 Å². The molecule has 0 saturated heterocycles. The van der Waals surface area contributed by atoms with E-state index in [1.807, 2.05) is 30.3 Å². The van der Waals surface area contributed by atoms with E-state index < -0.39 is 5.91 Å². The lowest BCUT2D eigenvalue weighted by molar-refractivity contribution is 0.0343. The summed E-state index contributed by atoms with van der Waals surface area (Å²) in [7, 11) is 1.12. The van der Waals surface area contributed by atoms with Crippen molar-refractivity contribution < 1.29 is 9.28 Å². The number of aromatic nitrogens is 2. The van der Waals surface area contributed by atoms with Crippen LogP contribution >= 0.6 is 11.6 Å². The van der Waals surface area contributed by atoms with Crippen LogP contribution in [-0.2, 0) is 13.0 Å². The Balaban J connectivity index is 0.000000134. The fraction of sp³-hybridized carbons (Fsp3) is 0.333. The number of imidazole rings is 1. The molecule has 0 N–H and O–H groups in total. The summed E-state index contributed by atoms with van der Waals surface area (Å²) in [6.45, 7) is 1.09. The molecule has 0 spiro atoms. The van der Waals surface area contributed by atoms with E-state index >= 15 is 0 Å². The molecule has 2 aliphatic rings. The van der Waals surface area contributed by atoms with Crippen molar-refractivity contribution in [2.75, 3.05) is 7.05 Å². The zero-order valence-corrected chi connectivity index (χ0v) is 15.9. The molecule has 0 atom stereocenters. The summed E-state index contributed by atoms with van der Waals surface area (Å²) in [4.78, 5) is 15.8. The smallest absolute Gasteiger partial charge is 0.281 e. The Kier molecular flexibility index (Phi) is 4.87. The van der Waals surface area contributed by atoms with Crippen molar-refractivity contribution in [1.29, 1.82) is 0 Å². The van der Waals surface area contributed by atoms with Gasteiger partial charge in [-0.25, -0.2) is 4.98 Å². The van der Waals surface area contributed by atoms with Crippen LogP contribution in [0.2, 0.25) is 5.02 Å². The largest absolute Gasteiger partial charge is 0.328 e. The van der Waals surface area contributed by atoms with E-state index in [1.54, 1.807) is 12.1 Å². The minimum atomic E-state index is -0.576. The van der Waals surface area contributed by atoms with E-state index in [-0.39, 0.29) is 5.12 Å². The lowest BCUT2D eigenvalue weighted by atomic mass is 10.1. The minimum Gasteiger partial charge on any atom is -0.328 e. The van der Waals surface area contributed by atoms with Crippen LogP contribution in [-0.4, -0.2) is 27.6 Å². The van der Waals surface area contributed by atoms with Gasteiger partial charge in [-0.1, -0.05) is 28.2 Å². The second-order valence-corrected chi connectivity index (χ2v) is 7.53. The van der Waals surface area contributed by atoms with Crippen LogP contribution < -0.4 is 0 Å². The van der Waals surface area contributed by atoms with Crippen LogP contribution in [0, 0.1) is 0 Å². The second-order valence-electron chi connectivity index (χ2n) is 7.10. The second kappa shape index (κ2) is 7.31. The Morgan fingerprint density at radius 3 is 2.81 bits per heavy atom. The Morgan fingerprint density at radius 1 is 1.26 bits per heavy atom. The molecule has 27 heavy (non-hydrogen) atoms. The SMILES string of the molecule is CN(F)C(=O)c1cccc(C2CC2)c1.Clc1ccc2nc3n(c2c1)CCC3. The number of rotatable bonds is 2. The van der Waals surface area contributed by atoms with Crippen molar-refractivity contribution >= 4 is 28.5 Å². The standard InChI is InChI=1S/C11H12FNO.C10H9ClN2/c1-13(12)11(14)10-4-2-3-9(7-10)8-5-6-8;11-7-3-4-8-9(6-7)13-5-1-2-10(13)12-8/h2-4,7-8H,5-6H2,1H3;3-4,6H,1-2,5H2. The van der Waals surface area contributed by atoms with Crippen molar-refractivity contribution in [3.63, 3.8) is 0 Å². The molecule has 1 aromatic heterocycles. The summed E-state index contributed by atoms with van der Waals surface area (Å²) in [5, 5.41) is 0.911. The van der Waals surface area contributed by atoms with Crippen LogP contribution in [0.25, 0.3) is 11.0 Å². The monoisotopic (exact) mass is 385 g/mol. The molecular formula is C21H21ClFN3O. The Labute approximate surface area is 162 Å². The molecular weight excluding hydrogens is 365 g/mol. The lowest BCUT2D eigenvalue weighted by Gasteiger charge is -2.06. The van der Waals surface area contributed by atoms with Gasteiger partial charge in [-0.05, 0) is 61.1 Å². The summed E-state index contributed by atoms with van der Waals surface area (Å²) in [6.07, 6.45) is 4.68. The molecule has 2 heterocycles. The minimum absolute atomic E-state index is 0.117. The summed E-state index contributed by atoms with van der Waals surface area (Å²) in [5.74, 6) is 1.22. The van der Waals surface area contributed by atoms with Gasteiger partial charge in [0.25, 0.3) is 5.91 Å². The summed E-state index contributed by atoms with van der Waals surface area (Å²) in [6, 6.07) is 13.1. The number of nitrogens with zero attached hydrogens (tertiary/aromatic N) is 3. The first-order valence-corrected chi connectivity index (χ1v) is 9.59. The van der Waals surface area contributed by atoms with Crippen LogP contribution in [0.15, 0.2) is 42.5 Å². The molecule has 140 valence electrons. The normalized spacial score (nSPS) is 15.2. The molecule has 0 unspecified atom stereocenters. The first-order valence-electron chi connectivity index (χ1n) is 9.21. The highest BCUT2D eigenvalue weighted by Crippen LogP contribution is 2.40. The van der Waals surface area contributed by atoms with Gasteiger partial charge in [0.2, 0.25) is 0 Å². The van der Waals surface area contributed by atoms with Crippen molar-refractivity contribution in [3.8, 4) is 0 Å². The molecule has 1 aliphatic heterocycles. The number of hydrogen-bond donors (Lipinski definition) is 0. The van der Waals surface area contributed by atoms with Crippen molar-refractivity contribution in [2.24, 2.45) is 0 Å². The van der Waals surface area contributed by atoms with Crippen molar-refractivity contribution in [1.82, 2.24) is 14.7 Å². The van der Waals surface area contributed by atoms with Crippen LogP contribution in [0.4, 0.5) is 4.48 Å². The average molecular weight is 386 g/mol. The zero-order chi connectivity index (χ0) is 19.0. The molecule has 1 fully saturated rings. The molecule has 2 aromatic carbocycles. The van der Waals surface area contributed by atoms with Crippen LogP contribution in [0.5, 0.6) is 0 Å². The van der Waals surface area contributed by atoms with Crippen LogP contribution in [0.1, 0.15) is 46.9 Å². The Morgan fingerprint density at radius 2 is 2.07 bits per heavy atom. The quantitative estimate of drug-likeness (QED) is 0.572. The van der Waals surface area contributed by atoms with Gasteiger partial charge in [0.1, 0.15) is 5.82 Å². The van der Waals surface area contributed by atoms with E-state index in [2.05, 4.69) is 9.55 Å². The lowest BCUT2D eigenvalue weighted by Crippen LogP contribution is -2.17. The number of amides is 1. The van der Waals surface area contributed by atoms with Crippen LogP contribution in [0.3, 0.4) is 0 Å². The van der Waals surface area contributed by atoms with Gasteiger partial charge < -0.3 is 4.57 Å². The highest BCUT2D eigenvalue weighted by atomic mass is 35.5. The van der Waals surface area contributed by atoms with E-state index in [4.69, 9.17) is 11.6 Å². The maximum Gasteiger partial charge on any atom is 0.281 e. The first-order chi connectivity index (χ1) is 13.0. The molecule has 0 radical (unpaired) electrons. The molecule has 3 aromatic rings. The van der Waals surface area contributed by atoms with Crippen molar-refractivity contribution in [2.45, 2.75) is 38.1 Å². The van der Waals surface area contributed by atoms with E-state index in [9.17, 15) is 9.28 Å². The van der Waals surface area contributed by atoms with Gasteiger partial charge in [0.15, 0.2) is 0 Å². The highest BCUT2D eigenvalue weighted by molar-refractivity contribution is 6.31. The number of aryl methyl sites for hydroxylation is 2. The third kappa shape index (κ3) is 3.83. The predicted octanol–water partition coefficient (Wildman–Crippen LogP) is 5.16. The third-order valence-electron chi connectivity index (χ3n) is 5.03. The van der Waals surface area contributed by atoms with Crippen molar-refractivity contribution in [3.05, 3.63) is 64.4 Å². The molecule has 1 saturated carbocycles. The fourth-order valence-corrected chi connectivity index (χ4v) is 3.67. The summed E-state index contributed by atoms with van der Waals surface area (Å²) < 4.78 is 14.9. The first kappa shape index (κ1) is 18.0. The van der Waals surface area contributed by atoms with Gasteiger partial charge in [0.05, 0.1) is 11.0 Å². The molecule has 6 heteroatoms. The number of fused-ring (bicyclic) bond motifs is 3. The predicted molar refractivity (Wildman–Crippen MR) is 105 cm³/mol. The maximum atomic E-state index is 12.6. The maximum absolute atomic E-state index is 12.6. The third-order valence-corrected chi connectivity index (χ3v) is 5.27. The average Bonchev–Trinajstić information content (AvgIpc) is 3.33. The summed E-state index contributed by atoms with van der Waals surface area (Å²) in [5.41, 5.74) is 3.83. The summed E-state index contributed by atoms with van der Waals surface area (Å²) >= 11 is 5.94. The van der Waals surface area contributed by atoms with E-state index in [0.29, 0.717) is 11.5 Å². The van der Waals surface area contributed by atoms with E-state index in [0.717, 1.165) is 36.1 Å². The molecule has 1 aliphatic carbocycles.